The van der Waals surface area contributed by atoms with Crippen LogP contribution in [0.15, 0.2) is 30.3 Å². The number of hydrogen-bond acceptors (Lipinski definition) is 7. The molecule has 7 N–H and O–H groups in total. The molecule has 1 aliphatic rings. The van der Waals surface area contributed by atoms with E-state index in [1.54, 1.807) is 30.3 Å². The van der Waals surface area contributed by atoms with Crippen LogP contribution in [-0.2, 0) is 35.2 Å². The van der Waals surface area contributed by atoms with E-state index in [2.05, 4.69) is 10.6 Å². The molecule has 1 aromatic carbocycles. The lowest BCUT2D eigenvalue weighted by Gasteiger charge is -2.28. The monoisotopic (exact) mass is 506 g/mol. The number of nitrogens with one attached hydrogen (secondary N) is 2. The summed E-state index contributed by atoms with van der Waals surface area (Å²) in [6, 6.07) is 3.58. The summed E-state index contributed by atoms with van der Waals surface area (Å²) in [4.78, 5) is 73.4. The first-order valence-electron chi connectivity index (χ1n) is 11.4. The molecule has 0 aliphatic carbocycles. The Morgan fingerprint density at radius 1 is 0.944 bits per heavy atom. The van der Waals surface area contributed by atoms with Crippen molar-refractivity contribution in [2.45, 2.75) is 62.7 Å². The number of carbonyl (C=O) groups is 6. The van der Waals surface area contributed by atoms with Gasteiger partial charge in [-0.3, -0.25) is 24.0 Å². The SMILES string of the molecule is NC(Cc1ccccc1)C(=O)NC(CCC(=O)O)C(=O)NC(CC(=O)O)C(=O)N1CCCC1C(=O)O. The van der Waals surface area contributed by atoms with Gasteiger partial charge >= 0.3 is 17.9 Å². The molecule has 196 valence electrons. The molecule has 3 amide bonds. The maximum absolute atomic E-state index is 13.0. The largest absolute Gasteiger partial charge is 0.481 e. The van der Waals surface area contributed by atoms with E-state index in [0.717, 1.165) is 10.5 Å². The Labute approximate surface area is 206 Å². The number of hydrogen-bond donors (Lipinski definition) is 6. The topological polar surface area (TPSA) is 216 Å². The highest BCUT2D eigenvalue weighted by Gasteiger charge is 2.39. The molecule has 2 rings (SSSR count). The fourth-order valence-electron chi connectivity index (χ4n) is 3.91. The van der Waals surface area contributed by atoms with Crippen LogP contribution in [0.5, 0.6) is 0 Å². The van der Waals surface area contributed by atoms with Crippen LogP contribution in [0.2, 0.25) is 0 Å². The third kappa shape index (κ3) is 8.34. The summed E-state index contributed by atoms with van der Waals surface area (Å²) in [5.41, 5.74) is 6.70. The van der Waals surface area contributed by atoms with Crippen LogP contribution in [0.1, 0.15) is 37.7 Å². The second kappa shape index (κ2) is 13.2. The van der Waals surface area contributed by atoms with Gasteiger partial charge < -0.3 is 36.6 Å². The van der Waals surface area contributed by atoms with Crippen LogP contribution < -0.4 is 16.4 Å². The van der Waals surface area contributed by atoms with E-state index in [9.17, 15) is 39.0 Å². The van der Waals surface area contributed by atoms with Crippen LogP contribution in [0.25, 0.3) is 0 Å². The lowest BCUT2D eigenvalue weighted by atomic mass is 10.0. The Morgan fingerprint density at radius 3 is 2.17 bits per heavy atom. The number of likely N-dealkylation sites (tertiary alicyclic amines) is 1. The van der Waals surface area contributed by atoms with Crippen molar-refractivity contribution < 1.29 is 44.1 Å². The van der Waals surface area contributed by atoms with Crippen molar-refractivity contribution >= 4 is 35.6 Å². The molecule has 0 aromatic heterocycles. The van der Waals surface area contributed by atoms with Gasteiger partial charge in [0.25, 0.3) is 0 Å². The lowest BCUT2D eigenvalue weighted by molar-refractivity contribution is -0.150. The average molecular weight is 507 g/mol. The molecule has 4 atom stereocenters. The van der Waals surface area contributed by atoms with Crippen molar-refractivity contribution in [3.8, 4) is 0 Å². The van der Waals surface area contributed by atoms with Gasteiger partial charge in [0, 0.05) is 13.0 Å². The molecular weight excluding hydrogens is 476 g/mol. The standard InChI is InChI=1S/C23H30N4O9/c24-14(11-13-5-2-1-3-6-13)20(32)25-15(8-9-18(28)29)21(33)26-16(12-19(30)31)22(34)27-10-4-7-17(27)23(35)36/h1-3,5-6,14-17H,4,7-12,24H2,(H,25,32)(H,26,33)(H,28,29)(H,30,31)(H,35,36). The smallest absolute Gasteiger partial charge is 0.326 e. The van der Waals surface area contributed by atoms with Gasteiger partial charge in [-0.2, -0.15) is 0 Å². The van der Waals surface area contributed by atoms with Crippen molar-refractivity contribution in [1.82, 2.24) is 15.5 Å². The van der Waals surface area contributed by atoms with E-state index >= 15 is 0 Å². The first-order chi connectivity index (χ1) is 17.0. The molecule has 13 heteroatoms. The van der Waals surface area contributed by atoms with E-state index in [1.165, 1.54) is 0 Å². The van der Waals surface area contributed by atoms with E-state index < -0.39 is 72.6 Å². The second-order valence-electron chi connectivity index (χ2n) is 8.48. The minimum atomic E-state index is -1.61. The third-order valence-electron chi connectivity index (χ3n) is 5.73. The van der Waals surface area contributed by atoms with Crippen LogP contribution in [-0.4, -0.2) is 86.6 Å². The van der Waals surface area contributed by atoms with Gasteiger partial charge in [-0.25, -0.2) is 4.79 Å². The molecule has 1 fully saturated rings. The zero-order valence-corrected chi connectivity index (χ0v) is 19.5. The summed E-state index contributed by atoms with van der Waals surface area (Å²) < 4.78 is 0. The molecule has 0 saturated carbocycles. The van der Waals surface area contributed by atoms with Crippen molar-refractivity contribution in [3.05, 3.63) is 35.9 Å². The zero-order valence-electron chi connectivity index (χ0n) is 19.5. The van der Waals surface area contributed by atoms with Gasteiger partial charge in [-0.15, -0.1) is 0 Å². The van der Waals surface area contributed by atoms with Gasteiger partial charge in [0.15, 0.2) is 0 Å². The minimum Gasteiger partial charge on any atom is -0.481 e. The summed E-state index contributed by atoms with van der Waals surface area (Å²) in [5, 5.41) is 32.2. The first-order valence-corrected chi connectivity index (χ1v) is 11.4. The maximum atomic E-state index is 13.0. The molecule has 1 aromatic rings. The molecule has 1 aliphatic heterocycles. The van der Waals surface area contributed by atoms with Gasteiger partial charge in [0.1, 0.15) is 18.1 Å². The number of aliphatic carboxylic acids is 3. The van der Waals surface area contributed by atoms with Gasteiger partial charge in [-0.1, -0.05) is 30.3 Å². The number of benzene rings is 1. The molecule has 1 heterocycles. The van der Waals surface area contributed by atoms with E-state index in [0.29, 0.717) is 6.42 Å². The number of carboxylic acids is 3. The number of amides is 3. The van der Waals surface area contributed by atoms with Crippen LogP contribution >= 0.6 is 0 Å². The first kappa shape index (κ1) is 28.2. The third-order valence-corrected chi connectivity index (χ3v) is 5.73. The quantitative estimate of drug-likeness (QED) is 0.190. The van der Waals surface area contributed by atoms with Crippen LogP contribution in [0.3, 0.4) is 0 Å². The highest BCUT2D eigenvalue weighted by atomic mass is 16.4. The fourth-order valence-corrected chi connectivity index (χ4v) is 3.91. The molecular formula is C23H30N4O9. The Bertz CT molecular complexity index is 985. The molecule has 36 heavy (non-hydrogen) atoms. The number of nitrogens with two attached hydrogens (primary N) is 1. The summed E-state index contributed by atoms with van der Waals surface area (Å²) in [5.74, 6) is -6.52. The van der Waals surface area contributed by atoms with Crippen molar-refractivity contribution in [2.75, 3.05) is 6.54 Å². The Balaban J connectivity index is 2.15. The maximum Gasteiger partial charge on any atom is 0.326 e. The van der Waals surface area contributed by atoms with E-state index in [1.807, 2.05) is 0 Å². The molecule has 0 radical (unpaired) electrons. The number of carboxylic acid groups (broad SMARTS) is 3. The molecule has 0 spiro atoms. The van der Waals surface area contributed by atoms with Crippen molar-refractivity contribution in [2.24, 2.45) is 5.73 Å². The number of carbonyl (C=O) groups excluding carboxylic acids is 3. The van der Waals surface area contributed by atoms with E-state index in [-0.39, 0.29) is 25.8 Å². The highest BCUT2D eigenvalue weighted by molar-refractivity contribution is 5.96. The molecule has 0 bridgehead atoms. The summed E-state index contributed by atoms with van der Waals surface area (Å²) in [6.07, 6.45) is -0.956. The second-order valence-corrected chi connectivity index (χ2v) is 8.48. The van der Waals surface area contributed by atoms with Gasteiger partial charge in [-0.05, 0) is 31.2 Å². The fraction of sp³-hybridized carbons (Fsp3) is 0.478. The Hall–Kier alpha value is -4.00. The Morgan fingerprint density at radius 2 is 1.58 bits per heavy atom. The molecule has 13 nitrogen and oxygen atoms in total. The predicted octanol–water partition coefficient (Wildman–Crippen LogP) is -1.06. The zero-order chi connectivity index (χ0) is 26.8. The summed E-state index contributed by atoms with van der Waals surface area (Å²) >= 11 is 0. The molecule has 1 saturated heterocycles. The van der Waals surface area contributed by atoms with Gasteiger partial charge in [0.2, 0.25) is 17.7 Å². The number of nitrogens with zero attached hydrogens (tertiary/aromatic N) is 1. The summed E-state index contributed by atoms with van der Waals surface area (Å²) in [6.45, 7) is 0.0787. The van der Waals surface area contributed by atoms with Crippen molar-refractivity contribution in [1.29, 1.82) is 0 Å². The normalized spacial score (nSPS) is 17.5. The van der Waals surface area contributed by atoms with Crippen LogP contribution in [0.4, 0.5) is 0 Å². The molecule has 4 unspecified atom stereocenters. The van der Waals surface area contributed by atoms with Crippen LogP contribution in [0, 0.1) is 0 Å². The van der Waals surface area contributed by atoms with Gasteiger partial charge in [0.05, 0.1) is 12.5 Å². The highest BCUT2D eigenvalue weighted by Crippen LogP contribution is 2.19. The van der Waals surface area contributed by atoms with Crippen molar-refractivity contribution in [3.63, 3.8) is 0 Å². The average Bonchev–Trinajstić information content (AvgIpc) is 3.31. The van der Waals surface area contributed by atoms with E-state index in [4.69, 9.17) is 10.8 Å². The minimum absolute atomic E-state index is 0.0787. The Kier molecular flexibility index (Phi) is 10.3. The summed E-state index contributed by atoms with van der Waals surface area (Å²) in [7, 11) is 0. The predicted molar refractivity (Wildman–Crippen MR) is 123 cm³/mol. The number of rotatable bonds is 13. The lowest BCUT2D eigenvalue weighted by Crippen LogP contribution is -2.57.